The Labute approximate surface area is 130 Å². The Kier molecular flexibility index (Phi) is 6.67. The molecule has 0 spiro atoms. The zero-order valence-corrected chi connectivity index (χ0v) is 14.5. The largest absolute Gasteiger partial charge is 0.396 e. The van der Waals surface area contributed by atoms with Crippen LogP contribution in [-0.2, 0) is 9.84 Å². The van der Waals surface area contributed by atoms with E-state index in [-0.39, 0.29) is 16.4 Å². The van der Waals surface area contributed by atoms with Crippen LogP contribution < -0.4 is 11.1 Å². The molecule has 0 unspecified atom stereocenters. The van der Waals surface area contributed by atoms with Crippen molar-refractivity contribution in [2.24, 2.45) is 0 Å². The van der Waals surface area contributed by atoms with Gasteiger partial charge in [-0.1, -0.05) is 33.1 Å². The van der Waals surface area contributed by atoms with Gasteiger partial charge in [-0.05, 0) is 6.42 Å². The van der Waals surface area contributed by atoms with Gasteiger partial charge in [-0.15, -0.1) is 11.3 Å². The second-order valence-corrected chi connectivity index (χ2v) is 8.01. The quantitative estimate of drug-likeness (QED) is 0.535. The van der Waals surface area contributed by atoms with Gasteiger partial charge in [0.05, 0.1) is 10.6 Å². The number of anilines is 2. The van der Waals surface area contributed by atoms with Gasteiger partial charge in [-0.25, -0.2) is 8.42 Å². The standard InChI is InChI=1S/C14H24N2O3S2/c1-4-6-7-8-9-16-14-13(21(3,18)19)11(15)12(20-14)10(17)5-2/h16H,4-9,15H2,1-3H3. The predicted molar refractivity (Wildman–Crippen MR) is 89.1 cm³/mol. The third-order valence-electron chi connectivity index (χ3n) is 3.16. The molecule has 5 nitrogen and oxygen atoms in total. The van der Waals surface area contributed by atoms with E-state index < -0.39 is 9.84 Å². The van der Waals surface area contributed by atoms with E-state index in [1.165, 1.54) is 0 Å². The molecule has 0 bridgehead atoms. The number of sulfone groups is 1. The summed E-state index contributed by atoms with van der Waals surface area (Å²) in [6.07, 6.45) is 5.80. The number of nitrogens with two attached hydrogens (primary N) is 1. The van der Waals surface area contributed by atoms with E-state index in [0.717, 1.165) is 43.3 Å². The van der Waals surface area contributed by atoms with E-state index in [2.05, 4.69) is 12.2 Å². The number of rotatable bonds is 9. The minimum absolute atomic E-state index is 0.0693. The molecule has 1 rings (SSSR count). The van der Waals surface area contributed by atoms with Gasteiger partial charge < -0.3 is 11.1 Å². The van der Waals surface area contributed by atoms with Crippen molar-refractivity contribution < 1.29 is 13.2 Å². The molecular weight excluding hydrogens is 308 g/mol. The molecule has 21 heavy (non-hydrogen) atoms. The maximum Gasteiger partial charge on any atom is 0.180 e. The molecule has 0 aliphatic carbocycles. The van der Waals surface area contributed by atoms with E-state index in [4.69, 9.17) is 5.73 Å². The summed E-state index contributed by atoms with van der Waals surface area (Å²) in [5, 5.41) is 3.62. The highest BCUT2D eigenvalue weighted by molar-refractivity contribution is 7.91. The normalized spacial score (nSPS) is 11.6. The Hall–Kier alpha value is -1.08. The number of thiophene rings is 1. The van der Waals surface area contributed by atoms with Gasteiger partial charge in [-0.3, -0.25) is 4.79 Å². The first-order chi connectivity index (χ1) is 9.82. The second-order valence-electron chi connectivity index (χ2n) is 5.04. The minimum Gasteiger partial charge on any atom is -0.396 e. The lowest BCUT2D eigenvalue weighted by Crippen LogP contribution is -2.07. The van der Waals surface area contributed by atoms with E-state index >= 15 is 0 Å². The van der Waals surface area contributed by atoms with Gasteiger partial charge in [0, 0.05) is 19.2 Å². The number of hydrogen-bond acceptors (Lipinski definition) is 6. The molecule has 0 amide bonds. The van der Waals surface area contributed by atoms with Crippen molar-refractivity contribution in [1.82, 2.24) is 0 Å². The van der Waals surface area contributed by atoms with E-state index in [0.29, 0.717) is 22.8 Å². The van der Waals surface area contributed by atoms with Crippen molar-refractivity contribution in [3.8, 4) is 0 Å². The zero-order valence-electron chi connectivity index (χ0n) is 12.9. The fourth-order valence-electron chi connectivity index (χ4n) is 2.03. The van der Waals surface area contributed by atoms with Crippen LogP contribution in [0.25, 0.3) is 0 Å². The van der Waals surface area contributed by atoms with E-state index in [1.54, 1.807) is 6.92 Å². The van der Waals surface area contributed by atoms with Crippen LogP contribution in [-0.4, -0.2) is 27.0 Å². The monoisotopic (exact) mass is 332 g/mol. The molecule has 0 aliphatic rings. The van der Waals surface area contributed by atoms with E-state index in [9.17, 15) is 13.2 Å². The number of unbranched alkanes of at least 4 members (excludes halogenated alkanes) is 3. The van der Waals surface area contributed by atoms with Crippen molar-refractivity contribution in [1.29, 1.82) is 0 Å². The van der Waals surface area contributed by atoms with Crippen LogP contribution in [0.5, 0.6) is 0 Å². The third-order valence-corrected chi connectivity index (χ3v) is 5.66. The Balaban J connectivity index is 2.99. The highest BCUT2D eigenvalue weighted by atomic mass is 32.2. The van der Waals surface area contributed by atoms with Crippen LogP contribution >= 0.6 is 11.3 Å². The first kappa shape index (κ1) is 18.0. The number of carbonyl (C=O) groups is 1. The summed E-state index contributed by atoms with van der Waals surface area (Å²) in [5.74, 6) is -0.124. The Morgan fingerprint density at radius 3 is 2.43 bits per heavy atom. The zero-order chi connectivity index (χ0) is 16.0. The number of hydrogen-bond donors (Lipinski definition) is 2. The molecule has 1 aromatic rings. The van der Waals surface area contributed by atoms with Crippen LogP contribution in [0.1, 0.15) is 55.6 Å². The average Bonchev–Trinajstić information content (AvgIpc) is 2.74. The molecule has 3 N–H and O–H groups in total. The first-order valence-corrected chi connectivity index (χ1v) is 9.93. The third kappa shape index (κ3) is 4.71. The van der Waals surface area contributed by atoms with Crippen LogP contribution in [0.3, 0.4) is 0 Å². The number of nitrogens with one attached hydrogen (secondary N) is 1. The SMILES string of the molecule is CCCCCCNc1sc(C(=O)CC)c(N)c1S(C)(=O)=O. The number of carbonyl (C=O) groups excluding carboxylic acids is 1. The Bertz CT molecular complexity index is 592. The highest BCUT2D eigenvalue weighted by Gasteiger charge is 2.26. The summed E-state index contributed by atoms with van der Waals surface area (Å²) in [7, 11) is -3.46. The maximum atomic E-state index is 11.9. The lowest BCUT2D eigenvalue weighted by atomic mass is 10.2. The highest BCUT2D eigenvalue weighted by Crippen LogP contribution is 2.39. The maximum absolute atomic E-state index is 11.9. The first-order valence-electron chi connectivity index (χ1n) is 7.22. The van der Waals surface area contributed by atoms with Gasteiger partial charge >= 0.3 is 0 Å². The lowest BCUT2D eigenvalue weighted by molar-refractivity contribution is 0.0992. The molecule has 7 heteroatoms. The fraction of sp³-hybridized carbons (Fsp3) is 0.643. The topological polar surface area (TPSA) is 89.3 Å². The summed E-state index contributed by atoms with van der Waals surface area (Å²) in [5.41, 5.74) is 5.98. The molecule has 0 saturated carbocycles. The number of ketones is 1. The van der Waals surface area contributed by atoms with Crippen molar-refractivity contribution in [2.75, 3.05) is 23.9 Å². The number of nitrogen functional groups attached to an aromatic ring is 1. The Morgan fingerprint density at radius 1 is 1.24 bits per heavy atom. The summed E-state index contributed by atoms with van der Waals surface area (Å²) in [6, 6.07) is 0. The van der Waals surface area contributed by atoms with Crippen molar-refractivity contribution in [3.63, 3.8) is 0 Å². The van der Waals surface area contributed by atoms with Gasteiger partial charge in [-0.2, -0.15) is 0 Å². The fourth-order valence-corrected chi connectivity index (χ4v) is 4.64. The molecule has 0 fully saturated rings. The van der Waals surface area contributed by atoms with Crippen molar-refractivity contribution in [3.05, 3.63) is 4.88 Å². The molecule has 0 radical (unpaired) electrons. The van der Waals surface area contributed by atoms with Gasteiger partial charge in [0.1, 0.15) is 9.90 Å². The van der Waals surface area contributed by atoms with Crippen molar-refractivity contribution in [2.45, 2.75) is 50.8 Å². The summed E-state index contributed by atoms with van der Waals surface area (Å²) in [4.78, 5) is 12.3. The van der Waals surface area contributed by atoms with E-state index in [1.807, 2.05) is 0 Å². The average molecular weight is 332 g/mol. The Morgan fingerprint density at radius 2 is 1.90 bits per heavy atom. The molecule has 1 aromatic heterocycles. The summed E-state index contributed by atoms with van der Waals surface area (Å²) in [6.45, 7) is 4.56. The van der Waals surface area contributed by atoms with Crippen LogP contribution in [0.2, 0.25) is 0 Å². The van der Waals surface area contributed by atoms with Crippen LogP contribution in [0.4, 0.5) is 10.7 Å². The minimum atomic E-state index is -3.46. The molecular formula is C14H24N2O3S2. The van der Waals surface area contributed by atoms with Gasteiger partial charge in [0.15, 0.2) is 15.6 Å². The van der Waals surface area contributed by atoms with Gasteiger partial charge in [0.2, 0.25) is 0 Å². The summed E-state index contributed by atoms with van der Waals surface area (Å²) < 4.78 is 23.8. The molecule has 0 saturated heterocycles. The molecule has 0 aliphatic heterocycles. The number of Topliss-reactive ketones (excluding diaryl/α,β-unsaturated/α-hetero) is 1. The summed E-state index contributed by atoms with van der Waals surface area (Å²) >= 11 is 1.14. The molecule has 120 valence electrons. The second kappa shape index (κ2) is 7.79. The molecule has 0 aromatic carbocycles. The molecule has 1 heterocycles. The van der Waals surface area contributed by atoms with Crippen molar-refractivity contribution >= 4 is 37.6 Å². The van der Waals surface area contributed by atoms with Gasteiger partial charge in [0.25, 0.3) is 0 Å². The molecule has 0 atom stereocenters. The predicted octanol–water partition coefficient (Wildman–Crippen LogP) is 3.32. The van der Waals surface area contributed by atoms with Crippen LogP contribution in [0, 0.1) is 0 Å². The smallest absolute Gasteiger partial charge is 0.180 e. The lowest BCUT2D eigenvalue weighted by Gasteiger charge is -2.06. The van der Waals surface area contributed by atoms with Crippen LogP contribution in [0.15, 0.2) is 4.90 Å².